The summed E-state index contributed by atoms with van der Waals surface area (Å²) in [7, 11) is -3.74. The lowest BCUT2D eigenvalue weighted by atomic mass is 9.91. The van der Waals surface area contributed by atoms with Crippen molar-refractivity contribution in [1.82, 2.24) is 0 Å². The highest BCUT2D eigenvalue weighted by atomic mass is 31.2. The minimum Gasteiger partial charge on any atom is -0.305 e. The third-order valence-electron chi connectivity index (χ3n) is 5.49. The molecule has 3 rings (SSSR count). The van der Waals surface area contributed by atoms with Crippen LogP contribution >= 0.6 is 7.14 Å². The van der Waals surface area contributed by atoms with Crippen molar-refractivity contribution in [3.05, 3.63) is 107 Å². The van der Waals surface area contributed by atoms with E-state index in [4.69, 9.17) is 0 Å². The summed E-state index contributed by atoms with van der Waals surface area (Å²) in [5.41, 5.74) is 1.73. The van der Waals surface area contributed by atoms with Gasteiger partial charge in [-0.1, -0.05) is 66.7 Å². The van der Waals surface area contributed by atoms with Crippen LogP contribution in [0.5, 0.6) is 0 Å². The van der Waals surface area contributed by atoms with Crippen LogP contribution in [0.2, 0.25) is 0 Å². The number of carbonyl (C=O) groups excluding carboxylic acids is 3. The van der Waals surface area contributed by atoms with Crippen molar-refractivity contribution >= 4 is 41.7 Å². The van der Waals surface area contributed by atoms with Gasteiger partial charge in [-0.3, -0.25) is 14.4 Å². The molecule has 1 amide bonds. The lowest BCUT2D eigenvalue weighted by Gasteiger charge is -2.22. The molecule has 0 radical (unpaired) electrons. The number of hydrogen-bond donors (Lipinski definition) is 0. The second-order valence-electron chi connectivity index (χ2n) is 7.66. The summed E-state index contributed by atoms with van der Waals surface area (Å²) >= 11 is 0. The maximum atomic E-state index is 14.5. The summed E-state index contributed by atoms with van der Waals surface area (Å²) in [6, 6.07) is 19.1. The van der Waals surface area contributed by atoms with Crippen LogP contribution in [0.25, 0.3) is 0 Å². The van der Waals surface area contributed by atoms with Crippen molar-refractivity contribution in [3.63, 3.8) is 0 Å². The Kier molecular flexibility index (Phi) is 7.15. The fraction of sp³-hybridized carbons (Fsp3) is 0.111. The summed E-state index contributed by atoms with van der Waals surface area (Å²) in [5.74, 6) is -1.08. The van der Waals surface area contributed by atoms with Crippen LogP contribution in [0, 0.1) is 20.8 Å². The lowest BCUT2D eigenvalue weighted by molar-refractivity contribution is -0.113. The molecule has 0 spiro atoms. The molecule has 0 atom stereocenters. The largest absolute Gasteiger partial charge is 0.305 e. The average molecular weight is 457 g/mol. The van der Waals surface area contributed by atoms with Gasteiger partial charge in [-0.15, -0.1) is 0 Å². The Bertz CT molecular complexity index is 1280. The van der Waals surface area contributed by atoms with Crippen LogP contribution in [0.1, 0.15) is 37.4 Å². The van der Waals surface area contributed by atoms with Gasteiger partial charge < -0.3 is 4.57 Å². The van der Waals surface area contributed by atoms with Gasteiger partial charge in [0.25, 0.3) is 5.91 Å². The number of amides is 1. The Morgan fingerprint density at radius 2 is 1.27 bits per heavy atom. The number of ketones is 1. The van der Waals surface area contributed by atoms with Crippen molar-refractivity contribution in [1.29, 1.82) is 0 Å². The topological polar surface area (TPSA) is 80.6 Å². The number of benzene rings is 3. The van der Waals surface area contributed by atoms with E-state index in [0.717, 1.165) is 12.2 Å². The summed E-state index contributed by atoms with van der Waals surface area (Å²) in [4.78, 5) is 41.6. The van der Waals surface area contributed by atoms with Crippen molar-refractivity contribution in [2.24, 2.45) is 4.99 Å². The van der Waals surface area contributed by atoms with E-state index < -0.39 is 24.4 Å². The number of aliphatic imine (C=N–C) groups is 1. The summed E-state index contributed by atoms with van der Waals surface area (Å²) in [6.45, 7) is 8.34. The van der Waals surface area contributed by atoms with Crippen molar-refractivity contribution in [3.8, 4) is 0 Å². The molecule has 0 saturated carbocycles. The first-order valence-electron chi connectivity index (χ1n) is 10.3. The average Bonchev–Trinajstić information content (AvgIpc) is 2.82. The fourth-order valence-electron chi connectivity index (χ4n) is 3.99. The lowest BCUT2D eigenvalue weighted by Crippen LogP contribution is -2.24. The van der Waals surface area contributed by atoms with E-state index in [1.165, 1.54) is 0 Å². The number of allylic oxidation sites excluding steroid dienone is 1. The van der Waals surface area contributed by atoms with E-state index in [1.54, 1.807) is 87.5 Å². The maximum absolute atomic E-state index is 14.5. The van der Waals surface area contributed by atoms with Crippen LogP contribution < -0.4 is 10.6 Å². The van der Waals surface area contributed by atoms with E-state index in [9.17, 15) is 18.9 Å². The molecule has 0 fully saturated rings. The molecule has 5 nitrogen and oxygen atoms in total. The van der Waals surface area contributed by atoms with Crippen LogP contribution in [-0.4, -0.2) is 23.9 Å². The first-order chi connectivity index (χ1) is 15.7. The normalized spacial score (nSPS) is 11.4. The van der Waals surface area contributed by atoms with Crippen molar-refractivity contribution in [2.75, 3.05) is 0 Å². The van der Waals surface area contributed by atoms with Gasteiger partial charge >= 0.3 is 0 Å². The minimum absolute atomic E-state index is 0.251. The zero-order chi connectivity index (χ0) is 24.2. The van der Waals surface area contributed by atoms with E-state index in [1.807, 2.05) is 0 Å². The SMILES string of the molecule is C=NC(=O)/C=C\C(=O)c1c(C)cc(C)c(C(=O)P(=O)(c2ccccc2)c2ccccc2)c1C. The molecule has 6 heteroatoms. The van der Waals surface area contributed by atoms with Gasteiger partial charge in [-0.05, 0) is 50.3 Å². The summed E-state index contributed by atoms with van der Waals surface area (Å²) in [5, 5.41) is 0.854. The van der Waals surface area contributed by atoms with Crippen LogP contribution in [0.15, 0.2) is 83.9 Å². The Hall–Kier alpha value is -3.69. The zero-order valence-corrected chi connectivity index (χ0v) is 19.6. The standard InChI is InChI=1S/C27H24NO4P/c1-18-17-19(2)26(20(3)25(18)23(29)15-16-24(30)28-4)27(31)33(32,21-11-7-5-8-12-21)22-13-9-6-10-14-22/h5-17H,4H2,1-3H3/b16-15-. The molecule has 0 unspecified atom stereocenters. The van der Waals surface area contributed by atoms with E-state index >= 15 is 0 Å². The molecule has 0 aliphatic carbocycles. The Labute approximate surface area is 193 Å². The first-order valence-corrected chi connectivity index (χ1v) is 12.0. The van der Waals surface area contributed by atoms with Crippen LogP contribution in [0.3, 0.4) is 0 Å². The van der Waals surface area contributed by atoms with Crippen LogP contribution in [-0.2, 0) is 9.36 Å². The first kappa shape index (κ1) is 24.0. The molecule has 0 heterocycles. The highest BCUT2D eigenvalue weighted by Gasteiger charge is 2.38. The monoisotopic (exact) mass is 457 g/mol. The molecule has 166 valence electrons. The number of nitrogens with zero attached hydrogens (tertiary/aromatic N) is 1. The van der Waals surface area contributed by atoms with Gasteiger partial charge in [0, 0.05) is 27.8 Å². The van der Waals surface area contributed by atoms with Gasteiger partial charge in [0.1, 0.15) is 0 Å². The number of hydrogen-bond acceptors (Lipinski definition) is 4. The van der Waals surface area contributed by atoms with E-state index in [-0.39, 0.29) is 5.56 Å². The molecule has 0 aliphatic rings. The zero-order valence-electron chi connectivity index (χ0n) is 18.7. The number of carbonyl (C=O) groups is 3. The molecule has 0 N–H and O–H groups in total. The fourth-order valence-corrected chi connectivity index (χ4v) is 6.60. The second kappa shape index (κ2) is 9.85. The van der Waals surface area contributed by atoms with Gasteiger partial charge in [-0.25, -0.2) is 4.99 Å². The smallest absolute Gasteiger partial charge is 0.269 e. The Morgan fingerprint density at radius 3 is 1.76 bits per heavy atom. The molecule has 0 bridgehead atoms. The maximum Gasteiger partial charge on any atom is 0.269 e. The van der Waals surface area contributed by atoms with Gasteiger partial charge in [0.15, 0.2) is 5.78 Å². The third kappa shape index (κ3) is 4.59. The van der Waals surface area contributed by atoms with Gasteiger partial charge in [0.2, 0.25) is 12.7 Å². The van der Waals surface area contributed by atoms with Crippen LogP contribution in [0.4, 0.5) is 0 Å². The highest BCUT2D eigenvalue weighted by molar-refractivity contribution is 7.93. The van der Waals surface area contributed by atoms with Gasteiger partial charge in [0.05, 0.1) is 0 Å². The van der Waals surface area contributed by atoms with Crippen molar-refractivity contribution < 1.29 is 18.9 Å². The van der Waals surface area contributed by atoms with E-state index in [0.29, 0.717) is 32.9 Å². The van der Waals surface area contributed by atoms with Gasteiger partial charge in [-0.2, -0.15) is 0 Å². The molecule has 3 aromatic rings. The number of rotatable bonds is 7. The molecular formula is C27H24NO4P. The summed E-state index contributed by atoms with van der Waals surface area (Å²) < 4.78 is 14.5. The molecule has 0 saturated heterocycles. The predicted molar refractivity (Wildman–Crippen MR) is 133 cm³/mol. The molecular weight excluding hydrogens is 433 g/mol. The highest BCUT2D eigenvalue weighted by Crippen LogP contribution is 2.48. The Morgan fingerprint density at radius 1 is 0.788 bits per heavy atom. The molecule has 3 aromatic carbocycles. The molecule has 33 heavy (non-hydrogen) atoms. The van der Waals surface area contributed by atoms with Crippen molar-refractivity contribution in [2.45, 2.75) is 20.8 Å². The van der Waals surface area contributed by atoms with E-state index in [2.05, 4.69) is 11.7 Å². The predicted octanol–water partition coefficient (Wildman–Crippen LogP) is 4.73. The summed E-state index contributed by atoms with van der Waals surface area (Å²) in [6.07, 6.45) is 2.15. The minimum atomic E-state index is -3.74. The third-order valence-corrected chi connectivity index (χ3v) is 8.34. The molecule has 0 aliphatic heterocycles. The second-order valence-corrected chi connectivity index (χ2v) is 10.3. The number of aryl methyl sites for hydroxylation is 2. The quantitative estimate of drug-likeness (QED) is 0.222. The Balaban J connectivity index is 2.24. The molecule has 0 aromatic heterocycles.